The summed E-state index contributed by atoms with van der Waals surface area (Å²) in [4.78, 5) is 10.5. The van der Waals surface area contributed by atoms with Gasteiger partial charge in [0.25, 0.3) is 0 Å². The number of rotatable bonds is 5. The van der Waals surface area contributed by atoms with Crippen LogP contribution in [0.3, 0.4) is 0 Å². The van der Waals surface area contributed by atoms with Gasteiger partial charge in [-0.2, -0.15) is 0 Å². The van der Waals surface area contributed by atoms with Crippen LogP contribution in [0.5, 0.6) is 0 Å². The molecule has 0 aliphatic carbocycles. The van der Waals surface area contributed by atoms with E-state index in [0.717, 1.165) is 19.3 Å². The lowest BCUT2D eigenvalue weighted by molar-refractivity contribution is -0.118. The molecular formula is C12H17NO. The number of primary amides is 1. The van der Waals surface area contributed by atoms with Crippen molar-refractivity contribution in [2.24, 2.45) is 5.73 Å². The third-order valence-electron chi connectivity index (χ3n) is 2.32. The average molecular weight is 191 g/mol. The van der Waals surface area contributed by atoms with Crippen molar-refractivity contribution < 1.29 is 4.79 Å². The predicted molar refractivity (Wildman–Crippen MR) is 58.0 cm³/mol. The quantitative estimate of drug-likeness (QED) is 0.760. The Balaban J connectivity index is 2.40. The van der Waals surface area contributed by atoms with Crippen LogP contribution >= 0.6 is 0 Å². The Morgan fingerprint density at radius 1 is 1.21 bits per heavy atom. The number of benzene rings is 1. The van der Waals surface area contributed by atoms with E-state index in [0.29, 0.717) is 6.42 Å². The van der Waals surface area contributed by atoms with E-state index in [1.54, 1.807) is 0 Å². The van der Waals surface area contributed by atoms with Gasteiger partial charge in [-0.1, -0.05) is 31.2 Å². The van der Waals surface area contributed by atoms with Gasteiger partial charge < -0.3 is 5.73 Å². The molecule has 1 rings (SSSR count). The molecule has 0 saturated carbocycles. The number of hydrogen-bond donors (Lipinski definition) is 1. The van der Waals surface area contributed by atoms with Crippen molar-refractivity contribution in [1.82, 2.24) is 0 Å². The highest BCUT2D eigenvalue weighted by Crippen LogP contribution is 2.08. The lowest BCUT2D eigenvalue weighted by Crippen LogP contribution is -2.10. The Labute approximate surface area is 85.1 Å². The van der Waals surface area contributed by atoms with Crippen molar-refractivity contribution in [2.45, 2.75) is 32.6 Å². The van der Waals surface area contributed by atoms with Gasteiger partial charge in [0.2, 0.25) is 5.91 Å². The summed E-state index contributed by atoms with van der Waals surface area (Å²) in [5.41, 5.74) is 7.69. The first-order valence-electron chi connectivity index (χ1n) is 5.08. The third kappa shape index (κ3) is 3.60. The van der Waals surface area contributed by atoms with Crippen molar-refractivity contribution in [3.63, 3.8) is 0 Å². The van der Waals surface area contributed by atoms with Crippen LogP contribution in [-0.2, 0) is 17.6 Å². The van der Waals surface area contributed by atoms with Gasteiger partial charge in [0.05, 0.1) is 0 Å². The minimum absolute atomic E-state index is 0.213. The molecule has 1 aromatic rings. The molecule has 0 heterocycles. The smallest absolute Gasteiger partial charge is 0.217 e. The van der Waals surface area contributed by atoms with Gasteiger partial charge in [0.1, 0.15) is 0 Å². The van der Waals surface area contributed by atoms with Crippen LogP contribution in [0.1, 0.15) is 30.9 Å². The molecule has 2 nitrogen and oxygen atoms in total. The average Bonchev–Trinajstić information content (AvgIpc) is 2.18. The Kier molecular flexibility index (Phi) is 4.17. The Bertz CT molecular complexity index is 290. The zero-order valence-electron chi connectivity index (χ0n) is 8.62. The molecule has 1 aromatic carbocycles. The highest BCUT2D eigenvalue weighted by Gasteiger charge is 1.96. The van der Waals surface area contributed by atoms with Crippen LogP contribution in [-0.4, -0.2) is 5.91 Å². The van der Waals surface area contributed by atoms with E-state index >= 15 is 0 Å². The zero-order valence-corrected chi connectivity index (χ0v) is 8.62. The van der Waals surface area contributed by atoms with Crippen LogP contribution in [0.15, 0.2) is 24.3 Å². The Hall–Kier alpha value is -1.31. The van der Waals surface area contributed by atoms with E-state index < -0.39 is 0 Å². The van der Waals surface area contributed by atoms with E-state index in [1.807, 2.05) is 0 Å². The summed E-state index contributed by atoms with van der Waals surface area (Å²) in [5.74, 6) is -0.213. The lowest BCUT2D eigenvalue weighted by Gasteiger charge is -2.01. The van der Waals surface area contributed by atoms with Gasteiger partial charge in [-0.25, -0.2) is 0 Å². The van der Waals surface area contributed by atoms with Gasteiger partial charge in [-0.05, 0) is 30.4 Å². The van der Waals surface area contributed by atoms with Crippen LogP contribution < -0.4 is 5.73 Å². The van der Waals surface area contributed by atoms with Crippen molar-refractivity contribution in [2.75, 3.05) is 0 Å². The lowest BCUT2D eigenvalue weighted by atomic mass is 10.1. The molecule has 0 aromatic heterocycles. The second-order valence-corrected chi connectivity index (χ2v) is 3.49. The molecular weight excluding hydrogens is 174 g/mol. The predicted octanol–water partition coefficient (Wildman–Crippen LogP) is 2.06. The summed E-state index contributed by atoms with van der Waals surface area (Å²) in [6, 6.07) is 8.53. The molecule has 0 aliphatic heterocycles. The highest BCUT2D eigenvalue weighted by atomic mass is 16.1. The number of nitrogens with two attached hydrogens (primary N) is 1. The van der Waals surface area contributed by atoms with Crippen LogP contribution in [0.2, 0.25) is 0 Å². The minimum Gasteiger partial charge on any atom is -0.370 e. The first kappa shape index (κ1) is 10.8. The fourth-order valence-corrected chi connectivity index (χ4v) is 1.41. The summed E-state index contributed by atoms with van der Waals surface area (Å²) in [6.07, 6.45) is 3.34. The minimum atomic E-state index is -0.213. The molecule has 0 unspecified atom stereocenters. The molecule has 0 spiro atoms. The van der Waals surface area contributed by atoms with E-state index in [1.165, 1.54) is 11.1 Å². The molecule has 1 amide bonds. The number of hydrogen-bond acceptors (Lipinski definition) is 1. The molecule has 2 heteroatoms. The highest BCUT2D eigenvalue weighted by molar-refractivity contribution is 5.73. The SMILES string of the molecule is CCc1ccc(CCCC(N)=O)cc1. The standard InChI is InChI=1S/C12H17NO/c1-2-10-6-8-11(9-7-10)4-3-5-12(13)14/h6-9H,2-5H2,1H3,(H2,13,14). The van der Waals surface area contributed by atoms with Crippen LogP contribution in [0, 0.1) is 0 Å². The molecule has 2 N–H and O–H groups in total. The van der Waals surface area contributed by atoms with Crippen molar-refractivity contribution in [1.29, 1.82) is 0 Å². The fourth-order valence-electron chi connectivity index (χ4n) is 1.41. The topological polar surface area (TPSA) is 43.1 Å². The molecule has 0 aliphatic rings. The summed E-state index contributed by atoms with van der Waals surface area (Å²) in [7, 11) is 0. The summed E-state index contributed by atoms with van der Waals surface area (Å²) < 4.78 is 0. The normalized spacial score (nSPS) is 10.1. The maximum Gasteiger partial charge on any atom is 0.217 e. The van der Waals surface area contributed by atoms with Crippen molar-refractivity contribution >= 4 is 5.91 Å². The molecule has 0 bridgehead atoms. The molecule has 14 heavy (non-hydrogen) atoms. The molecule has 76 valence electrons. The molecule has 0 fully saturated rings. The molecule has 0 atom stereocenters. The van der Waals surface area contributed by atoms with Gasteiger partial charge in [-0.3, -0.25) is 4.79 Å². The largest absolute Gasteiger partial charge is 0.370 e. The van der Waals surface area contributed by atoms with Gasteiger partial charge in [-0.15, -0.1) is 0 Å². The summed E-state index contributed by atoms with van der Waals surface area (Å²) >= 11 is 0. The van der Waals surface area contributed by atoms with E-state index in [4.69, 9.17) is 5.73 Å². The van der Waals surface area contributed by atoms with E-state index in [2.05, 4.69) is 31.2 Å². The van der Waals surface area contributed by atoms with E-state index in [9.17, 15) is 4.79 Å². The zero-order chi connectivity index (χ0) is 10.4. The maximum absolute atomic E-state index is 10.5. The van der Waals surface area contributed by atoms with E-state index in [-0.39, 0.29) is 5.91 Å². The number of carbonyl (C=O) groups is 1. The first-order chi connectivity index (χ1) is 6.72. The number of aryl methyl sites for hydroxylation is 2. The summed E-state index contributed by atoms with van der Waals surface area (Å²) in [5, 5.41) is 0. The monoisotopic (exact) mass is 191 g/mol. The summed E-state index contributed by atoms with van der Waals surface area (Å²) in [6.45, 7) is 2.14. The Morgan fingerprint density at radius 3 is 2.29 bits per heavy atom. The van der Waals surface area contributed by atoms with Gasteiger partial charge >= 0.3 is 0 Å². The van der Waals surface area contributed by atoms with Crippen molar-refractivity contribution in [3.05, 3.63) is 35.4 Å². The maximum atomic E-state index is 10.5. The second-order valence-electron chi connectivity index (χ2n) is 3.49. The second kappa shape index (κ2) is 5.43. The fraction of sp³-hybridized carbons (Fsp3) is 0.417. The number of amides is 1. The number of carbonyl (C=O) groups excluding carboxylic acids is 1. The van der Waals surface area contributed by atoms with Crippen LogP contribution in [0.4, 0.5) is 0 Å². The molecule has 0 radical (unpaired) electrons. The first-order valence-corrected chi connectivity index (χ1v) is 5.08. The van der Waals surface area contributed by atoms with Crippen LogP contribution in [0.25, 0.3) is 0 Å². The van der Waals surface area contributed by atoms with Gasteiger partial charge in [0, 0.05) is 6.42 Å². The third-order valence-corrected chi connectivity index (χ3v) is 2.32. The van der Waals surface area contributed by atoms with Gasteiger partial charge in [0.15, 0.2) is 0 Å². The Morgan fingerprint density at radius 2 is 1.79 bits per heavy atom. The molecule has 0 saturated heterocycles. The van der Waals surface area contributed by atoms with Crippen molar-refractivity contribution in [3.8, 4) is 0 Å².